The van der Waals surface area contributed by atoms with E-state index in [1.54, 1.807) is 0 Å². The van der Waals surface area contributed by atoms with Gasteiger partial charge in [-0.3, -0.25) is 0 Å². The molecule has 2 nitrogen and oxygen atoms in total. The lowest BCUT2D eigenvalue weighted by atomic mass is 9.48. The van der Waals surface area contributed by atoms with Crippen molar-refractivity contribution < 1.29 is 5.11 Å². The van der Waals surface area contributed by atoms with E-state index >= 15 is 0 Å². The zero-order chi connectivity index (χ0) is 10.5. The number of nitrogens with two attached hydrogens (primary N) is 1. The van der Waals surface area contributed by atoms with Gasteiger partial charge in [-0.1, -0.05) is 0 Å². The number of aliphatic hydroxyl groups excluding tert-OH is 1. The first kappa shape index (κ1) is 10.1. The molecule has 4 bridgehead atoms. The van der Waals surface area contributed by atoms with Gasteiger partial charge in [0.25, 0.3) is 0 Å². The quantitative estimate of drug-likeness (QED) is 0.746. The summed E-state index contributed by atoms with van der Waals surface area (Å²) in [6.07, 6.45) is 9.34. The molecule has 0 spiro atoms. The van der Waals surface area contributed by atoms with E-state index in [1.807, 2.05) is 0 Å². The fraction of sp³-hybridized carbons (Fsp3) is 1.00. The highest BCUT2D eigenvalue weighted by molar-refractivity contribution is 5.02. The molecule has 4 saturated carbocycles. The summed E-state index contributed by atoms with van der Waals surface area (Å²) in [5.74, 6) is 2.96. The molecule has 1 atom stereocenters. The van der Waals surface area contributed by atoms with Crippen molar-refractivity contribution in [3.63, 3.8) is 0 Å². The molecule has 0 radical (unpaired) electrons. The Kier molecular flexibility index (Phi) is 2.33. The van der Waals surface area contributed by atoms with Gasteiger partial charge in [-0.2, -0.15) is 0 Å². The van der Waals surface area contributed by atoms with Crippen molar-refractivity contribution in [2.24, 2.45) is 28.9 Å². The van der Waals surface area contributed by atoms with Gasteiger partial charge in [-0.25, -0.2) is 0 Å². The van der Waals surface area contributed by atoms with Gasteiger partial charge in [-0.15, -0.1) is 0 Å². The zero-order valence-electron chi connectivity index (χ0n) is 9.49. The molecule has 0 aromatic rings. The van der Waals surface area contributed by atoms with Gasteiger partial charge in [0.05, 0.1) is 6.10 Å². The Labute approximate surface area is 92.2 Å². The summed E-state index contributed by atoms with van der Waals surface area (Å²) in [6.45, 7) is 0.446. The third-order valence-electron chi connectivity index (χ3n) is 5.11. The van der Waals surface area contributed by atoms with Crippen LogP contribution < -0.4 is 5.73 Å². The average molecular weight is 209 g/mol. The Morgan fingerprint density at radius 2 is 1.53 bits per heavy atom. The van der Waals surface area contributed by atoms with Crippen LogP contribution in [0, 0.1) is 23.2 Å². The summed E-state index contributed by atoms with van der Waals surface area (Å²) in [4.78, 5) is 0. The number of aliphatic hydroxyl groups is 1. The maximum atomic E-state index is 9.79. The molecule has 4 rings (SSSR count). The monoisotopic (exact) mass is 209 g/mol. The molecule has 0 unspecified atom stereocenters. The lowest BCUT2D eigenvalue weighted by Gasteiger charge is -2.57. The van der Waals surface area contributed by atoms with Gasteiger partial charge in [0.1, 0.15) is 0 Å². The lowest BCUT2D eigenvalue weighted by Crippen LogP contribution is -2.47. The molecule has 15 heavy (non-hydrogen) atoms. The molecule has 0 amide bonds. The molecule has 0 aromatic carbocycles. The second kappa shape index (κ2) is 3.46. The van der Waals surface area contributed by atoms with Crippen LogP contribution in [0.2, 0.25) is 0 Å². The molecule has 0 heterocycles. The summed E-state index contributed by atoms with van der Waals surface area (Å²) in [6, 6.07) is 0. The average Bonchev–Trinajstić information content (AvgIpc) is 2.14. The van der Waals surface area contributed by atoms with Crippen LogP contribution in [-0.2, 0) is 0 Å². The van der Waals surface area contributed by atoms with Crippen molar-refractivity contribution >= 4 is 0 Å². The van der Waals surface area contributed by atoms with Crippen molar-refractivity contribution in [1.29, 1.82) is 0 Å². The summed E-state index contributed by atoms with van der Waals surface area (Å²) in [5, 5.41) is 9.79. The van der Waals surface area contributed by atoms with E-state index in [1.165, 1.54) is 38.5 Å². The second-order valence-corrected chi connectivity index (χ2v) is 6.51. The predicted molar refractivity (Wildman–Crippen MR) is 60.3 cm³/mol. The Balaban J connectivity index is 1.75. The van der Waals surface area contributed by atoms with Crippen LogP contribution in [0.4, 0.5) is 0 Å². The van der Waals surface area contributed by atoms with Crippen molar-refractivity contribution in [3.05, 3.63) is 0 Å². The second-order valence-electron chi connectivity index (χ2n) is 6.51. The normalized spacial score (nSPS) is 49.6. The van der Waals surface area contributed by atoms with Gasteiger partial charge in [0.2, 0.25) is 0 Å². The van der Waals surface area contributed by atoms with Crippen molar-refractivity contribution in [2.45, 2.75) is 51.0 Å². The maximum Gasteiger partial charge on any atom is 0.0667 e. The van der Waals surface area contributed by atoms with Gasteiger partial charge < -0.3 is 10.8 Å². The predicted octanol–water partition coefficient (Wildman–Crippen LogP) is 1.91. The Bertz CT molecular complexity index is 216. The first-order chi connectivity index (χ1) is 7.19. The van der Waals surface area contributed by atoms with Crippen LogP contribution in [0.25, 0.3) is 0 Å². The Morgan fingerprint density at radius 3 is 1.93 bits per heavy atom. The first-order valence-corrected chi connectivity index (χ1v) is 6.57. The number of rotatable bonds is 3. The fourth-order valence-corrected chi connectivity index (χ4v) is 5.12. The molecular weight excluding hydrogens is 186 g/mol. The molecule has 2 heteroatoms. The molecule has 3 N–H and O–H groups in total. The first-order valence-electron chi connectivity index (χ1n) is 6.57. The minimum atomic E-state index is -0.249. The number of hydrogen-bond acceptors (Lipinski definition) is 2. The van der Waals surface area contributed by atoms with Crippen LogP contribution in [0.1, 0.15) is 44.9 Å². The standard InChI is InChI=1S/C13H23NO/c14-8-12(15)7-13-4-9-1-10(5-13)3-11(2-9)6-13/h9-12,15H,1-8,14H2/t9?,10?,11?,12-,13?/m0/s1. The molecule has 4 aliphatic rings. The molecule has 86 valence electrons. The van der Waals surface area contributed by atoms with E-state index < -0.39 is 0 Å². The smallest absolute Gasteiger partial charge is 0.0667 e. The van der Waals surface area contributed by atoms with Crippen LogP contribution >= 0.6 is 0 Å². The largest absolute Gasteiger partial charge is 0.392 e. The van der Waals surface area contributed by atoms with Gasteiger partial charge in [0.15, 0.2) is 0 Å². The van der Waals surface area contributed by atoms with Crippen molar-refractivity contribution in [3.8, 4) is 0 Å². The summed E-state index contributed by atoms with van der Waals surface area (Å²) < 4.78 is 0. The summed E-state index contributed by atoms with van der Waals surface area (Å²) in [7, 11) is 0. The molecule has 4 aliphatic carbocycles. The fourth-order valence-electron chi connectivity index (χ4n) is 5.12. The maximum absolute atomic E-state index is 9.79. The van der Waals surface area contributed by atoms with E-state index in [-0.39, 0.29) is 6.10 Å². The third kappa shape index (κ3) is 1.72. The highest BCUT2D eigenvalue weighted by Gasteiger charge is 2.50. The van der Waals surface area contributed by atoms with Crippen molar-refractivity contribution in [2.75, 3.05) is 6.54 Å². The van der Waals surface area contributed by atoms with E-state index in [0.717, 1.165) is 24.2 Å². The van der Waals surface area contributed by atoms with Gasteiger partial charge in [-0.05, 0) is 68.1 Å². The Hall–Kier alpha value is -0.0800. The zero-order valence-corrected chi connectivity index (χ0v) is 9.49. The van der Waals surface area contributed by atoms with Gasteiger partial charge >= 0.3 is 0 Å². The molecule has 0 saturated heterocycles. The summed E-state index contributed by atoms with van der Waals surface area (Å²) in [5.41, 5.74) is 6.04. The minimum absolute atomic E-state index is 0.249. The van der Waals surface area contributed by atoms with Crippen LogP contribution in [0.5, 0.6) is 0 Å². The summed E-state index contributed by atoms with van der Waals surface area (Å²) >= 11 is 0. The van der Waals surface area contributed by atoms with E-state index in [2.05, 4.69) is 0 Å². The van der Waals surface area contributed by atoms with E-state index in [4.69, 9.17) is 5.73 Å². The third-order valence-corrected chi connectivity index (χ3v) is 5.11. The topological polar surface area (TPSA) is 46.2 Å². The lowest BCUT2D eigenvalue weighted by molar-refractivity contribution is -0.0745. The number of hydrogen-bond donors (Lipinski definition) is 2. The van der Waals surface area contributed by atoms with Crippen molar-refractivity contribution in [1.82, 2.24) is 0 Å². The van der Waals surface area contributed by atoms with Gasteiger partial charge in [0, 0.05) is 6.54 Å². The molecule has 4 fully saturated rings. The van der Waals surface area contributed by atoms with E-state index in [9.17, 15) is 5.11 Å². The molecule has 0 aromatic heterocycles. The highest BCUT2D eigenvalue weighted by Crippen LogP contribution is 2.61. The van der Waals surface area contributed by atoms with E-state index in [0.29, 0.717) is 12.0 Å². The molecule has 0 aliphatic heterocycles. The van der Waals surface area contributed by atoms with Crippen LogP contribution in [0.15, 0.2) is 0 Å². The highest BCUT2D eigenvalue weighted by atomic mass is 16.3. The SMILES string of the molecule is NC[C@@H](O)CC12CC3CC(CC(C3)C1)C2. The van der Waals surface area contributed by atoms with Crippen LogP contribution in [-0.4, -0.2) is 17.8 Å². The minimum Gasteiger partial charge on any atom is -0.392 e. The molecular formula is C13H23NO. The van der Waals surface area contributed by atoms with Crippen LogP contribution in [0.3, 0.4) is 0 Å². The Morgan fingerprint density at radius 1 is 1.07 bits per heavy atom.